The van der Waals surface area contributed by atoms with Gasteiger partial charge in [0.15, 0.2) is 0 Å². The highest BCUT2D eigenvalue weighted by molar-refractivity contribution is 6.10. The Kier molecular flexibility index (Phi) is 3.17. The molecule has 0 saturated carbocycles. The van der Waals surface area contributed by atoms with Gasteiger partial charge in [0, 0.05) is 24.5 Å². The lowest BCUT2D eigenvalue weighted by Crippen LogP contribution is -2.42. The van der Waals surface area contributed by atoms with Crippen LogP contribution in [-0.4, -0.2) is 28.0 Å². The molecule has 1 amide bonds. The van der Waals surface area contributed by atoms with Crippen LogP contribution in [-0.2, 0) is 11.2 Å². The van der Waals surface area contributed by atoms with Gasteiger partial charge in [0.2, 0.25) is 0 Å². The van der Waals surface area contributed by atoms with Gasteiger partial charge < -0.3 is 5.11 Å². The number of carboxylic acids is 1. The molecule has 0 radical (unpaired) electrons. The van der Waals surface area contributed by atoms with E-state index in [-0.39, 0.29) is 5.91 Å². The predicted octanol–water partition coefficient (Wildman–Crippen LogP) is 2.05. The molecule has 0 bridgehead atoms. The van der Waals surface area contributed by atoms with Crippen molar-refractivity contribution in [3.05, 3.63) is 59.4 Å². The van der Waals surface area contributed by atoms with Gasteiger partial charge in [-0.2, -0.15) is 0 Å². The van der Waals surface area contributed by atoms with E-state index in [1.54, 1.807) is 24.4 Å². The van der Waals surface area contributed by atoms with E-state index in [1.807, 2.05) is 19.1 Å². The highest BCUT2D eigenvalue weighted by Crippen LogP contribution is 2.33. The number of carbonyl (C=O) groups is 2. The summed E-state index contributed by atoms with van der Waals surface area (Å²) in [5.74, 6) is -1.33. The molecule has 21 heavy (non-hydrogen) atoms. The Morgan fingerprint density at radius 1 is 1.29 bits per heavy atom. The molecule has 3 rings (SSSR count). The first-order chi connectivity index (χ1) is 10.1. The first-order valence-corrected chi connectivity index (χ1v) is 6.64. The van der Waals surface area contributed by atoms with Gasteiger partial charge in [0.25, 0.3) is 5.91 Å². The van der Waals surface area contributed by atoms with Crippen LogP contribution in [0.3, 0.4) is 0 Å². The minimum absolute atomic E-state index is 0.330. The van der Waals surface area contributed by atoms with Crippen molar-refractivity contribution in [2.45, 2.75) is 19.4 Å². The van der Waals surface area contributed by atoms with Crippen molar-refractivity contribution in [2.75, 3.05) is 4.90 Å². The van der Waals surface area contributed by atoms with Crippen LogP contribution >= 0.6 is 0 Å². The Morgan fingerprint density at radius 3 is 2.76 bits per heavy atom. The molecule has 0 spiro atoms. The van der Waals surface area contributed by atoms with Crippen molar-refractivity contribution in [2.24, 2.45) is 0 Å². The Labute approximate surface area is 121 Å². The van der Waals surface area contributed by atoms with Gasteiger partial charge in [-0.1, -0.05) is 18.2 Å². The lowest BCUT2D eigenvalue weighted by molar-refractivity contribution is -0.138. The Morgan fingerprint density at radius 2 is 2.05 bits per heavy atom. The van der Waals surface area contributed by atoms with Crippen molar-refractivity contribution < 1.29 is 14.7 Å². The zero-order valence-electron chi connectivity index (χ0n) is 11.5. The zero-order valence-corrected chi connectivity index (χ0v) is 11.5. The molecule has 1 aromatic carbocycles. The van der Waals surface area contributed by atoms with E-state index in [4.69, 9.17) is 0 Å². The number of fused-ring (bicyclic) bond motifs is 1. The Hall–Kier alpha value is -2.69. The fourth-order valence-corrected chi connectivity index (χ4v) is 2.65. The SMILES string of the molecule is Cc1cncc(C(=O)N2c3ccccc3CC2C(=O)O)c1. The predicted molar refractivity (Wildman–Crippen MR) is 77.4 cm³/mol. The van der Waals surface area contributed by atoms with Crippen LogP contribution in [0.15, 0.2) is 42.7 Å². The zero-order chi connectivity index (χ0) is 15.0. The summed E-state index contributed by atoms with van der Waals surface area (Å²) in [5.41, 5.74) is 2.80. The van der Waals surface area contributed by atoms with Crippen LogP contribution in [0.4, 0.5) is 5.69 Å². The lowest BCUT2D eigenvalue weighted by atomic mass is 10.1. The van der Waals surface area contributed by atoms with Crippen molar-refractivity contribution >= 4 is 17.6 Å². The fourth-order valence-electron chi connectivity index (χ4n) is 2.65. The second-order valence-electron chi connectivity index (χ2n) is 5.11. The van der Waals surface area contributed by atoms with E-state index in [1.165, 1.54) is 11.1 Å². The largest absolute Gasteiger partial charge is 0.480 e. The van der Waals surface area contributed by atoms with E-state index < -0.39 is 12.0 Å². The summed E-state index contributed by atoms with van der Waals surface area (Å²) in [4.78, 5) is 29.5. The van der Waals surface area contributed by atoms with Gasteiger partial charge >= 0.3 is 5.97 Å². The summed E-state index contributed by atoms with van der Waals surface area (Å²) in [5, 5.41) is 9.40. The van der Waals surface area contributed by atoms with Gasteiger partial charge in [0.05, 0.1) is 5.56 Å². The van der Waals surface area contributed by atoms with Crippen LogP contribution in [0.2, 0.25) is 0 Å². The van der Waals surface area contributed by atoms with Crippen molar-refractivity contribution in [1.29, 1.82) is 0 Å². The van der Waals surface area contributed by atoms with E-state index >= 15 is 0 Å². The first-order valence-electron chi connectivity index (χ1n) is 6.64. The van der Waals surface area contributed by atoms with Crippen molar-refractivity contribution in [3.8, 4) is 0 Å². The van der Waals surface area contributed by atoms with Crippen LogP contribution in [0.5, 0.6) is 0 Å². The smallest absolute Gasteiger partial charge is 0.327 e. The third kappa shape index (κ3) is 2.27. The molecule has 1 aliphatic rings. The number of carboxylic acid groups (broad SMARTS) is 1. The Bertz CT molecular complexity index is 727. The second kappa shape index (κ2) is 5.01. The van der Waals surface area contributed by atoms with Gasteiger partial charge in [-0.25, -0.2) is 4.79 Å². The van der Waals surface area contributed by atoms with Crippen LogP contribution in [0.25, 0.3) is 0 Å². The molecule has 0 aliphatic carbocycles. The van der Waals surface area contributed by atoms with Gasteiger partial charge in [0.1, 0.15) is 6.04 Å². The number of aliphatic carboxylic acids is 1. The number of benzene rings is 1. The maximum absolute atomic E-state index is 12.7. The van der Waals surface area contributed by atoms with Crippen LogP contribution < -0.4 is 4.90 Å². The Balaban J connectivity index is 2.05. The molecule has 1 unspecified atom stereocenters. The van der Waals surface area contributed by atoms with Crippen LogP contribution in [0, 0.1) is 6.92 Å². The minimum atomic E-state index is -1.000. The lowest BCUT2D eigenvalue weighted by Gasteiger charge is -2.22. The third-order valence-electron chi connectivity index (χ3n) is 3.60. The molecule has 1 aliphatic heterocycles. The monoisotopic (exact) mass is 282 g/mol. The van der Waals surface area contributed by atoms with E-state index in [0.717, 1.165) is 11.1 Å². The summed E-state index contributed by atoms with van der Waals surface area (Å²) < 4.78 is 0. The number of anilines is 1. The quantitative estimate of drug-likeness (QED) is 0.915. The number of aryl methyl sites for hydroxylation is 1. The molecule has 0 fully saturated rings. The summed E-state index contributed by atoms with van der Waals surface area (Å²) in [6.07, 6.45) is 3.45. The van der Waals surface area contributed by atoms with E-state index in [9.17, 15) is 14.7 Å². The summed E-state index contributed by atoms with van der Waals surface area (Å²) in [6.45, 7) is 1.84. The summed E-state index contributed by atoms with van der Waals surface area (Å²) in [6, 6.07) is 8.13. The standard InChI is InChI=1S/C16H14N2O3/c1-10-6-12(9-17-8-10)15(19)18-13-5-3-2-4-11(13)7-14(18)16(20)21/h2-6,8-9,14H,7H2,1H3,(H,20,21). The second-order valence-corrected chi connectivity index (χ2v) is 5.11. The number of nitrogens with zero attached hydrogens (tertiary/aromatic N) is 2. The average molecular weight is 282 g/mol. The summed E-state index contributed by atoms with van der Waals surface area (Å²) in [7, 11) is 0. The molecule has 1 N–H and O–H groups in total. The van der Waals surface area contributed by atoms with E-state index in [0.29, 0.717) is 17.7 Å². The third-order valence-corrected chi connectivity index (χ3v) is 3.60. The highest BCUT2D eigenvalue weighted by atomic mass is 16.4. The number of carbonyl (C=O) groups excluding carboxylic acids is 1. The molecule has 5 nitrogen and oxygen atoms in total. The number of rotatable bonds is 2. The van der Waals surface area contributed by atoms with Crippen molar-refractivity contribution in [1.82, 2.24) is 4.98 Å². The average Bonchev–Trinajstić information content (AvgIpc) is 2.86. The van der Waals surface area contributed by atoms with Crippen molar-refractivity contribution in [3.63, 3.8) is 0 Å². The molecular weight excluding hydrogens is 268 g/mol. The normalized spacial score (nSPS) is 16.6. The molecule has 2 aromatic rings. The molecule has 106 valence electrons. The summed E-state index contributed by atoms with van der Waals surface area (Å²) >= 11 is 0. The minimum Gasteiger partial charge on any atom is -0.480 e. The maximum atomic E-state index is 12.7. The number of para-hydroxylation sites is 1. The van der Waals surface area contributed by atoms with Gasteiger partial charge in [-0.05, 0) is 30.2 Å². The van der Waals surface area contributed by atoms with Gasteiger partial charge in [-0.15, -0.1) is 0 Å². The fraction of sp³-hybridized carbons (Fsp3) is 0.188. The van der Waals surface area contributed by atoms with Gasteiger partial charge in [-0.3, -0.25) is 14.7 Å². The van der Waals surface area contributed by atoms with E-state index in [2.05, 4.69) is 4.98 Å². The number of hydrogen-bond acceptors (Lipinski definition) is 3. The van der Waals surface area contributed by atoms with Crippen LogP contribution in [0.1, 0.15) is 21.5 Å². The molecule has 1 aromatic heterocycles. The molecule has 5 heteroatoms. The molecular formula is C16H14N2O3. The number of hydrogen-bond donors (Lipinski definition) is 1. The maximum Gasteiger partial charge on any atom is 0.327 e. The number of pyridine rings is 1. The molecule has 0 saturated heterocycles. The number of aromatic nitrogens is 1. The highest BCUT2D eigenvalue weighted by Gasteiger charge is 2.38. The first kappa shape index (κ1) is 13.3. The number of amides is 1. The topological polar surface area (TPSA) is 70.5 Å². The molecule has 1 atom stereocenters. The molecule has 2 heterocycles.